The molecule has 0 radical (unpaired) electrons. The Kier molecular flexibility index (Phi) is 4.76. The summed E-state index contributed by atoms with van der Waals surface area (Å²) in [5, 5.41) is 12.2. The molecule has 0 bridgehead atoms. The lowest BCUT2D eigenvalue weighted by Gasteiger charge is -2.39. The standard InChI is InChI=1S/C13H25N3/c1-11-6-5-8-16(12(11)2)9-7-13(3,10-14)15-4/h11-12,15H,5-9H2,1-4H3. The first-order chi connectivity index (χ1) is 7.52. The number of nitriles is 1. The van der Waals surface area contributed by atoms with Crippen LogP contribution in [0.4, 0.5) is 0 Å². The van der Waals surface area contributed by atoms with E-state index < -0.39 is 0 Å². The highest BCUT2D eigenvalue weighted by atomic mass is 15.2. The molecule has 0 aliphatic carbocycles. The monoisotopic (exact) mass is 223 g/mol. The first-order valence-electron chi connectivity index (χ1n) is 6.36. The van der Waals surface area contributed by atoms with Crippen LogP contribution in [-0.2, 0) is 0 Å². The fourth-order valence-corrected chi connectivity index (χ4v) is 2.34. The lowest BCUT2D eigenvalue weighted by atomic mass is 9.91. The van der Waals surface area contributed by atoms with Gasteiger partial charge in [0.15, 0.2) is 0 Å². The van der Waals surface area contributed by atoms with Crippen LogP contribution in [0, 0.1) is 17.2 Å². The Hall–Kier alpha value is -0.590. The van der Waals surface area contributed by atoms with Gasteiger partial charge in [-0.25, -0.2) is 0 Å². The summed E-state index contributed by atoms with van der Waals surface area (Å²) in [7, 11) is 1.87. The molecule has 16 heavy (non-hydrogen) atoms. The fraction of sp³-hybridized carbons (Fsp3) is 0.923. The van der Waals surface area contributed by atoms with Gasteiger partial charge in [-0.05, 0) is 52.6 Å². The van der Waals surface area contributed by atoms with Crippen LogP contribution in [0.1, 0.15) is 40.0 Å². The average Bonchev–Trinajstić information content (AvgIpc) is 2.31. The Morgan fingerprint density at radius 2 is 2.19 bits per heavy atom. The van der Waals surface area contributed by atoms with Crippen molar-refractivity contribution in [3.63, 3.8) is 0 Å². The maximum Gasteiger partial charge on any atom is 0.104 e. The molecule has 1 saturated heterocycles. The maximum absolute atomic E-state index is 9.10. The molecule has 0 saturated carbocycles. The lowest BCUT2D eigenvalue weighted by Crippen LogP contribution is -2.47. The number of nitrogens with one attached hydrogen (secondary N) is 1. The van der Waals surface area contributed by atoms with Gasteiger partial charge in [0, 0.05) is 12.6 Å². The predicted molar refractivity (Wildman–Crippen MR) is 67.1 cm³/mol. The molecule has 3 atom stereocenters. The van der Waals surface area contributed by atoms with Gasteiger partial charge in [-0.3, -0.25) is 0 Å². The summed E-state index contributed by atoms with van der Waals surface area (Å²) < 4.78 is 0. The summed E-state index contributed by atoms with van der Waals surface area (Å²) >= 11 is 0. The van der Waals surface area contributed by atoms with E-state index in [4.69, 9.17) is 5.26 Å². The van der Waals surface area contributed by atoms with E-state index in [0.717, 1.165) is 18.9 Å². The molecule has 1 N–H and O–H groups in total. The molecule has 1 fully saturated rings. The van der Waals surface area contributed by atoms with Crippen LogP contribution in [0.25, 0.3) is 0 Å². The van der Waals surface area contributed by atoms with Gasteiger partial charge in [0.05, 0.1) is 6.07 Å². The van der Waals surface area contributed by atoms with Crippen molar-refractivity contribution in [1.29, 1.82) is 5.26 Å². The largest absolute Gasteiger partial charge is 0.303 e. The van der Waals surface area contributed by atoms with Crippen LogP contribution < -0.4 is 5.32 Å². The number of nitrogens with zero attached hydrogens (tertiary/aromatic N) is 2. The Morgan fingerprint density at radius 1 is 1.50 bits per heavy atom. The Morgan fingerprint density at radius 3 is 2.75 bits per heavy atom. The van der Waals surface area contributed by atoms with Crippen molar-refractivity contribution < 1.29 is 0 Å². The molecule has 3 heteroatoms. The number of rotatable bonds is 4. The van der Waals surface area contributed by atoms with Gasteiger partial charge in [-0.2, -0.15) is 5.26 Å². The highest BCUT2D eigenvalue weighted by molar-refractivity contribution is 5.03. The molecule has 92 valence electrons. The quantitative estimate of drug-likeness (QED) is 0.792. The second-order valence-corrected chi connectivity index (χ2v) is 5.34. The Bertz CT molecular complexity index is 258. The van der Waals surface area contributed by atoms with Crippen molar-refractivity contribution in [2.45, 2.75) is 51.6 Å². The number of piperidine rings is 1. The van der Waals surface area contributed by atoms with Crippen molar-refractivity contribution >= 4 is 0 Å². The summed E-state index contributed by atoms with van der Waals surface area (Å²) in [6.45, 7) is 8.84. The van der Waals surface area contributed by atoms with E-state index in [1.54, 1.807) is 0 Å². The summed E-state index contributed by atoms with van der Waals surface area (Å²) in [6.07, 6.45) is 3.55. The average molecular weight is 223 g/mol. The van der Waals surface area contributed by atoms with Gasteiger partial charge in [0.2, 0.25) is 0 Å². The van der Waals surface area contributed by atoms with E-state index in [9.17, 15) is 0 Å². The molecule has 1 heterocycles. The number of likely N-dealkylation sites (tertiary alicyclic amines) is 1. The van der Waals surface area contributed by atoms with Crippen molar-refractivity contribution in [1.82, 2.24) is 10.2 Å². The van der Waals surface area contributed by atoms with E-state index >= 15 is 0 Å². The van der Waals surface area contributed by atoms with E-state index in [2.05, 4.69) is 30.1 Å². The van der Waals surface area contributed by atoms with Crippen molar-refractivity contribution in [3.05, 3.63) is 0 Å². The SMILES string of the molecule is CNC(C)(C#N)CCN1CCCC(C)C1C. The first-order valence-corrected chi connectivity index (χ1v) is 6.36. The zero-order valence-corrected chi connectivity index (χ0v) is 11.1. The van der Waals surface area contributed by atoms with E-state index in [1.165, 1.54) is 19.4 Å². The zero-order chi connectivity index (χ0) is 12.2. The highest BCUT2D eigenvalue weighted by Crippen LogP contribution is 2.23. The summed E-state index contributed by atoms with van der Waals surface area (Å²) in [6, 6.07) is 3.02. The van der Waals surface area contributed by atoms with Crippen LogP contribution in [-0.4, -0.2) is 36.6 Å². The molecule has 0 spiro atoms. The van der Waals surface area contributed by atoms with Crippen molar-refractivity contribution in [2.24, 2.45) is 5.92 Å². The van der Waals surface area contributed by atoms with Crippen LogP contribution in [0.2, 0.25) is 0 Å². The minimum atomic E-state index is -0.375. The van der Waals surface area contributed by atoms with E-state index in [0.29, 0.717) is 6.04 Å². The van der Waals surface area contributed by atoms with Gasteiger partial charge in [-0.15, -0.1) is 0 Å². The fourth-order valence-electron chi connectivity index (χ4n) is 2.34. The summed E-state index contributed by atoms with van der Waals surface area (Å²) in [4.78, 5) is 2.53. The van der Waals surface area contributed by atoms with Crippen molar-refractivity contribution in [2.75, 3.05) is 20.1 Å². The number of hydrogen-bond acceptors (Lipinski definition) is 3. The van der Waals surface area contributed by atoms with Crippen LogP contribution in [0.15, 0.2) is 0 Å². The molecule has 3 nitrogen and oxygen atoms in total. The van der Waals surface area contributed by atoms with E-state index in [-0.39, 0.29) is 5.54 Å². The minimum absolute atomic E-state index is 0.375. The second-order valence-electron chi connectivity index (χ2n) is 5.34. The van der Waals surface area contributed by atoms with Crippen LogP contribution in [0.3, 0.4) is 0 Å². The molecule has 0 aromatic carbocycles. The summed E-state index contributed by atoms with van der Waals surface area (Å²) in [5.41, 5.74) is -0.375. The smallest absolute Gasteiger partial charge is 0.104 e. The van der Waals surface area contributed by atoms with Crippen LogP contribution >= 0.6 is 0 Å². The molecule has 0 aromatic heterocycles. The first kappa shape index (κ1) is 13.5. The summed E-state index contributed by atoms with van der Waals surface area (Å²) in [5.74, 6) is 0.789. The molecule has 0 amide bonds. The second kappa shape index (κ2) is 5.65. The van der Waals surface area contributed by atoms with E-state index in [1.807, 2.05) is 14.0 Å². The number of hydrogen-bond donors (Lipinski definition) is 1. The van der Waals surface area contributed by atoms with Gasteiger partial charge in [-0.1, -0.05) is 6.92 Å². The third kappa shape index (κ3) is 3.20. The normalized spacial score (nSPS) is 30.7. The molecule has 0 aromatic rings. The molecule has 1 rings (SSSR count). The van der Waals surface area contributed by atoms with Gasteiger partial charge >= 0.3 is 0 Å². The maximum atomic E-state index is 9.10. The minimum Gasteiger partial charge on any atom is -0.303 e. The topological polar surface area (TPSA) is 39.1 Å². The van der Waals surface area contributed by atoms with Gasteiger partial charge < -0.3 is 10.2 Å². The van der Waals surface area contributed by atoms with Crippen LogP contribution in [0.5, 0.6) is 0 Å². The lowest BCUT2D eigenvalue weighted by molar-refractivity contribution is 0.106. The molecule has 1 aliphatic heterocycles. The Labute approximate surface area is 99.8 Å². The molecule has 3 unspecified atom stereocenters. The molecular formula is C13H25N3. The predicted octanol–water partition coefficient (Wildman–Crippen LogP) is 2.00. The third-order valence-corrected chi connectivity index (χ3v) is 4.20. The zero-order valence-electron chi connectivity index (χ0n) is 11.1. The third-order valence-electron chi connectivity index (χ3n) is 4.20. The Balaban J connectivity index is 2.46. The van der Waals surface area contributed by atoms with Gasteiger partial charge in [0.25, 0.3) is 0 Å². The molecule has 1 aliphatic rings. The molecular weight excluding hydrogens is 198 g/mol. The van der Waals surface area contributed by atoms with Crippen molar-refractivity contribution in [3.8, 4) is 6.07 Å². The highest BCUT2D eigenvalue weighted by Gasteiger charge is 2.27. The van der Waals surface area contributed by atoms with Gasteiger partial charge in [0.1, 0.15) is 5.54 Å².